The second-order valence-corrected chi connectivity index (χ2v) is 6.65. The number of hydrogen-bond acceptors (Lipinski definition) is 6. The zero-order valence-electron chi connectivity index (χ0n) is 16.4. The van der Waals surface area contributed by atoms with Gasteiger partial charge in [0.05, 0.1) is 19.0 Å². The summed E-state index contributed by atoms with van der Waals surface area (Å²) in [4.78, 5) is 19.7. The van der Waals surface area contributed by atoms with Crippen LogP contribution in [0.1, 0.15) is 51.5 Å². The quantitative estimate of drug-likeness (QED) is 0.590. The van der Waals surface area contributed by atoms with E-state index in [1.807, 2.05) is 6.07 Å². The first-order valence-corrected chi connectivity index (χ1v) is 9.57. The minimum absolute atomic E-state index is 0.259. The summed E-state index contributed by atoms with van der Waals surface area (Å²) in [6.45, 7) is 7.25. The van der Waals surface area contributed by atoms with Gasteiger partial charge in [-0.1, -0.05) is 57.0 Å². The van der Waals surface area contributed by atoms with Gasteiger partial charge < -0.3 is 14.8 Å². The van der Waals surface area contributed by atoms with E-state index in [0.29, 0.717) is 17.8 Å². The number of benzene rings is 1. The van der Waals surface area contributed by atoms with Gasteiger partial charge in [0.1, 0.15) is 0 Å². The van der Waals surface area contributed by atoms with Gasteiger partial charge in [-0.15, -0.1) is 0 Å². The Balaban J connectivity index is 1.96. The molecule has 1 heterocycles. The van der Waals surface area contributed by atoms with Crippen LogP contribution in [0.2, 0.25) is 0 Å². The summed E-state index contributed by atoms with van der Waals surface area (Å²) in [6.07, 6.45) is 5.69. The molecule has 0 fully saturated rings. The second kappa shape index (κ2) is 11.2. The molecule has 1 N–H and O–H groups in total. The fourth-order valence-electron chi connectivity index (χ4n) is 3.08. The van der Waals surface area contributed by atoms with Crippen LogP contribution < -0.4 is 10.1 Å². The molecule has 2 rings (SSSR count). The lowest BCUT2D eigenvalue weighted by Crippen LogP contribution is -2.17. The first-order valence-electron chi connectivity index (χ1n) is 9.57. The maximum absolute atomic E-state index is 11.3. The normalized spacial score (nSPS) is 12.9. The lowest BCUT2D eigenvalue weighted by atomic mass is 9.87. The Morgan fingerprint density at radius 3 is 2.48 bits per heavy atom. The molecule has 0 aliphatic rings. The zero-order valence-corrected chi connectivity index (χ0v) is 16.4. The van der Waals surface area contributed by atoms with Gasteiger partial charge in [-0.05, 0) is 24.8 Å². The molecule has 1 aromatic heterocycles. The molecule has 6 nitrogen and oxygen atoms in total. The van der Waals surface area contributed by atoms with E-state index < -0.39 is 6.16 Å². The summed E-state index contributed by atoms with van der Waals surface area (Å²) in [5.41, 5.74) is 1.32. The van der Waals surface area contributed by atoms with Crippen molar-refractivity contribution in [2.45, 2.75) is 46.0 Å². The van der Waals surface area contributed by atoms with Crippen molar-refractivity contribution >= 4 is 12.1 Å². The molecule has 0 aliphatic heterocycles. The van der Waals surface area contributed by atoms with Crippen LogP contribution in [0.4, 0.5) is 10.7 Å². The third-order valence-electron chi connectivity index (χ3n) is 4.34. The van der Waals surface area contributed by atoms with Crippen molar-refractivity contribution in [3.8, 4) is 5.75 Å². The van der Waals surface area contributed by atoms with E-state index in [9.17, 15) is 4.79 Å². The van der Waals surface area contributed by atoms with Crippen LogP contribution in [0.3, 0.4) is 0 Å². The number of nitrogens with one attached hydrogen (secondary N) is 1. The summed E-state index contributed by atoms with van der Waals surface area (Å²) in [5.74, 6) is 1.81. The minimum atomic E-state index is -0.754. The van der Waals surface area contributed by atoms with E-state index >= 15 is 0 Å². The lowest BCUT2D eigenvalue weighted by Gasteiger charge is -2.22. The number of ether oxygens (including phenoxy) is 2. The maximum Gasteiger partial charge on any atom is 0.513 e. The average molecular weight is 371 g/mol. The average Bonchev–Trinajstić information content (AvgIpc) is 2.67. The molecule has 0 radical (unpaired) electrons. The van der Waals surface area contributed by atoms with Crippen LogP contribution in [0.25, 0.3) is 0 Å². The molecule has 2 aromatic rings. The fraction of sp³-hybridized carbons (Fsp3) is 0.476. The highest BCUT2D eigenvalue weighted by atomic mass is 16.7. The number of anilines is 1. The molecular weight excluding hydrogens is 342 g/mol. The van der Waals surface area contributed by atoms with Gasteiger partial charge in [-0.2, -0.15) is 0 Å². The van der Waals surface area contributed by atoms with Crippen LogP contribution in [0, 0.1) is 5.92 Å². The van der Waals surface area contributed by atoms with Crippen molar-refractivity contribution in [1.29, 1.82) is 0 Å². The van der Waals surface area contributed by atoms with E-state index in [1.54, 1.807) is 6.92 Å². The van der Waals surface area contributed by atoms with Crippen LogP contribution in [-0.2, 0) is 4.74 Å². The molecule has 0 saturated carbocycles. The monoisotopic (exact) mass is 371 g/mol. The number of nitrogens with zero attached hydrogens (tertiary/aromatic N) is 2. The standard InChI is InChI=1S/C21H29N3O3/c1-4-9-16(3)12-18(17-10-7-6-8-11-17)13-22-20-23-14-19(15-24-20)27-21(25)26-5-2/h6-8,10-11,14-16,18H,4-5,9,12-13H2,1-3H3,(H,22,23,24). The van der Waals surface area contributed by atoms with Gasteiger partial charge in [0.15, 0.2) is 5.75 Å². The van der Waals surface area contributed by atoms with Crippen LogP contribution in [-0.4, -0.2) is 29.3 Å². The number of hydrogen-bond donors (Lipinski definition) is 1. The number of carbonyl (C=O) groups is 1. The van der Waals surface area contributed by atoms with Crippen LogP contribution in [0.5, 0.6) is 5.75 Å². The van der Waals surface area contributed by atoms with Crippen molar-refractivity contribution in [1.82, 2.24) is 9.97 Å². The van der Waals surface area contributed by atoms with Crippen molar-refractivity contribution in [3.63, 3.8) is 0 Å². The van der Waals surface area contributed by atoms with Crippen molar-refractivity contribution in [2.24, 2.45) is 5.92 Å². The summed E-state index contributed by atoms with van der Waals surface area (Å²) in [5, 5.41) is 3.30. The van der Waals surface area contributed by atoms with Gasteiger partial charge >= 0.3 is 6.16 Å². The Bertz CT molecular complexity index is 677. The molecule has 0 saturated heterocycles. The summed E-state index contributed by atoms with van der Waals surface area (Å²) >= 11 is 0. The number of carbonyl (C=O) groups excluding carboxylic acids is 1. The van der Waals surface area contributed by atoms with Gasteiger partial charge in [0, 0.05) is 12.5 Å². The Kier molecular flexibility index (Phi) is 8.55. The molecule has 0 spiro atoms. The Morgan fingerprint density at radius 1 is 1.15 bits per heavy atom. The second-order valence-electron chi connectivity index (χ2n) is 6.65. The Morgan fingerprint density at radius 2 is 1.85 bits per heavy atom. The van der Waals surface area contributed by atoms with Crippen molar-refractivity contribution < 1.29 is 14.3 Å². The molecule has 146 valence electrons. The molecule has 2 atom stereocenters. The lowest BCUT2D eigenvalue weighted by molar-refractivity contribution is 0.104. The molecule has 6 heteroatoms. The predicted octanol–water partition coefficient (Wildman–Crippen LogP) is 5.03. The van der Waals surface area contributed by atoms with Gasteiger partial charge in [-0.3, -0.25) is 0 Å². The van der Waals surface area contributed by atoms with E-state index in [0.717, 1.165) is 13.0 Å². The highest BCUT2D eigenvalue weighted by Gasteiger charge is 2.16. The topological polar surface area (TPSA) is 73.3 Å². The number of aromatic nitrogens is 2. The molecule has 0 bridgehead atoms. The molecular formula is C21H29N3O3. The highest BCUT2D eigenvalue weighted by Crippen LogP contribution is 2.26. The van der Waals surface area contributed by atoms with Crippen molar-refractivity contribution in [2.75, 3.05) is 18.5 Å². The maximum atomic E-state index is 11.3. The van der Waals surface area contributed by atoms with Gasteiger partial charge in [-0.25, -0.2) is 14.8 Å². The fourth-order valence-corrected chi connectivity index (χ4v) is 3.08. The van der Waals surface area contributed by atoms with E-state index in [1.165, 1.54) is 30.8 Å². The molecule has 0 aliphatic carbocycles. The van der Waals surface area contributed by atoms with E-state index in [2.05, 4.69) is 53.4 Å². The summed E-state index contributed by atoms with van der Waals surface area (Å²) in [7, 11) is 0. The number of rotatable bonds is 10. The van der Waals surface area contributed by atoms with Gasteiger partial charge in [0.25, 0.3) is 0 Å². The van der Waals surface area contributed by atoms with E-state index in [4.69, 9.17) is 9.47 Å². The first-order chi connectivity index (χ1) is 13.1. The Hall–Kier alpha value is -2.63. The van der Waals surface area contributed by atoms with Crippen LogP contribution in [0.15, 0.2) is 42.7 Å². The summed E-state index contributed by atoms with van der Waals surface area (Å²) in [6, 6.07) is 10.5. The zero-order chi connectivity index (χ0) is 19.5. The molecule has 1 aromatic carbocycles. The first kappa shape index (κ1) is 20.7. The Labute approximate surface area is 161 Å². The molecule has 2 unspecified atom stereocenters. The third kappa shape index (κ3) is 7.25. The molecule has 0 amide bonds. The largest absolute Gasteiger partial charge is 0.513 e. The molecule has 27 heavy (non-hydrogen) atoms. The van der Waals surface area contributed by atoms with Gasteiger partial charge in [0.2, 0.25) is 5.95 Å². The minimum Gasteiger partial charge on any atom is -0.434 e. The highest BCUT2D eigenvalue weighted by molar-refractivity contribution is 5.63. The summed E-state index contributed by atoms with van der Waals surface area (Å²) < 4.78 is 9.70. The van der Waals surface area contributed by atoms with Crippen LogP contribution >= 0.6 is 0 Å². The predicted molar refractivity (Wildman–Crippen MR) is 106 cm³/mol. The smallest absolute Gasteiger partial charge is 0.434 e. The van der Waals surface area contributed by atoms with E-state index in [-0.39, 0.29) is 12.4 Å². The van der Waals surface area contributed by atoms with Crippen molar-refractivity contribution in [3.05, 3.63) is 48.3 Å². The third-order valence-corrected chi connectivity index (χ3v) is 4.34. The SMILES string of the molecule is CCCC(C)CC(CNc1ncc(OC(=O)OCC)cn1)c1ccccc1.